The van der Waals surface area contributed by atoms with Crippen molar-refractivity contribution in [1.29, 1.82) is 0 Å². The van der Waals surface area contributed by atoms with Gasteiger partial charge in [0.15, 0.2) is 0 Å². The fourth-order valence-electron chi connectivity index (χ4n) is 1.34. The second-order valence-corrected chi connectivity index (χ2v) is 3.01. The Morgan fingerprint density at radius 3 is 2.73 bits per heavy atom. The van der Waals surface area contributed by atoms with Crippen molar-refractivity contribution < 1.29 is 10.0 Å². The first-order valence-electron chi connectivity index (χ1n) is 4.40. The van der Waals surface area contributed by atoms with E-state index in [2.05, 4.69) is 15.8 Å². The van der Waals surface area contributed by atoms with Crippen molar-refractivity contribution in [2.75, 3.05) is 0 Å². The highest BCUT2D eigenvalue weighted by molar-refractivity contribution is 6.07. The van der Waals surface area contributed by atoms with Crippen molar-refractivity contribution in [2.24, 2.45) is 5.10 Å². The molecule has 78 valence electrons. The van der Waals surface area contributed by atoms with Crippen molar-refractivity contribution >= 4 is 11.7 Å². The van der Waals surface area contributed by atoms with E-state index in [1.54, 1.807) is 0 Å². The molecule has 6 heteroatoms. The number of hydroxylamine groups is 1. The quantitative estimate of drug-likeness (QED) is 0.514. The highest BCUT2D eigenvalue weighted by Gasteiger charge is 2.23. The Bertz CT molecular complexity index is 390. The van der Waals surface area contributed by atoms with Gasteiger partial charge in [-0.2, -0.15) is 10.6 Å². The average Bonchev–Trinajstić information content (AvgIpc) is 2.30. The van der Waals surface area contributed by atoms with Gasteiger partial charge in [0.2, 0.25) is 0 Å². The lowest BCUT2D eigenvalue weighted by Gasteiger charge is -2.22. The van der Waals surface area contributed by atoms with Gasteiger partial charge in [0.1, 0.15) is 11.9 Å². The fraction of sp³-hybridized carbons (Fsp3) is 0.111. The van der Waals surface area contributed by atoms with E-state index in [0.717, 1.165) is 5.56 Å². The average molecular weight is 206 g/mol. The van der Waals surface area contributed by atoms with E-state index in [1.807, 2.05) is 35.8 Å². The van der Waals surface area contributed by atoms with Gasteiger partial charge in [0, 0.05) is 5.56 Å². The SMILES string of the molecule is O=C1NN=C(c2ccccc2)C(NO)N1. The minimum Gasteiger partial charge on any atom is -0.314 e. The van der Waals surface area contributed by atoms with E-state index >= 15 is 0 Å². The largest absolute Gasteiger partial charge is 0.336 e. The first kappa shape index (κ1) is 9.63. The minimum atomic E-state index is -0.693. The topological polar surface area (TPSA) is 85.8 Å². The maximum atomic E-state index is 10.9. The van der Waals surface area contributed by atoms with Crippen LogP contribution in [-0.2, 0) is 0 Å². The van der Waals surface area contributed by atoms with E-state index in [4.69, 9.17) is 5.21 Å². The summed E-state index contributed by atoms with van der Waals surface area (Å²) in [5.41, 5.74) is 5.60. The first-order chi connectivity index (χ1) is 7.31. The summed E-state index contributed by atoms with van der Waals surface area (Å²) in [6, 6.07) is 8.79. The van der Waals surface area contributed by atoms with Crippen LogP contribution in [0.1, 0.15) is 5.56 Å². The molecule has 2 amide bonds. The Hall–Kier alpha value is -1.92. The molecular formula is C9H10N4O2. The molecule has 1 aliphatic heterocycles. The molecule has 4 N–H and O–H groups in total. The van der Waals surface area contributed by atoms with Crippen molar-refractivity contribution in [3.8, 4) is 0 Å². The molecule has 15 heavy (non-hydrogen) atoms. The van der Waals surface area contributed by atoms with Gasteiger partial charge in [-0.3, -0.25) is 0 Å². The molecule has 1 aromatic carbocycles. The third-order valence-corrected chi connectivity index (χ3v) is 2.03. The molecule has 1 aliphatic rings. The van der Waals surface area contributed by atoms with Gasteiger partial charge in [-0.25, -0.2) is 10.2 Å². The Balaban J connectivity index is 2.31. The number of hydrazone groups is 1. The van der Waals surface area contributed by atoms with Crippen molar-refractivity contribution in [3.05, 3.63) is 35.9 Å². The number of nitrogens with one attached hydrogen (secondary N) is 3. The van der Waals surface area contributed by atoms with Crippen molar-refractivity contribution in [1.82, 2.24) is 16.2 Å². The second-order valence-electron chi connectivity index (χ2n) is 3.01. The third-order valence-electron chi connectivity index (χ3n) is 2.03. The summed E-state index contributed by atoms with van der Waals surface area (Å²) in [5.74, 6) is 0. The molecule has 0 fully saturated rings. The summed E-state index contributed by atoms with van der Waals surface area (Å²) >= 11 is 0. The van der Waals surface area contributed by atoms with Crippen LogP contribution in [0, 0.1) is 0 Å². The van der Waals surface area contributed by atoms with Crippen LogP contribution >= 0.6 is 0 Å². The maximum Gasteiger partial charge on any atom is 0.336 e. The number of hydrogen-bond acceptors (Lipinski definition) is 4. The lowest BCUT2D eigenvalue weighted by atomic mass is 10.1. The predicted molar refractivity (Wildman–Crippen MR) is 53.4 cm³/mol. The molecule has 1 heterocycles. The van der Waals surface area contributed by atoms with Crippen molar-refractivity contribution in [2.45, 2.75) is 6.17 Å². The summed E-state index contributed by atoms with van der Waals surface area (Å²) in [6.45, 7) is 0. The highest BCUT2D eigenvalue weighted by Crippen LogP contribution is 2.05. The van der Waals surface area contributed by atoms with Gasteiger partial charge < -0.3 is 10.5 Å². The highest BCUT2D eigenvalue weighted by atomic mass is 16.5. The number of amides is 2. The van der Waals surface area contributed by atoms with Crippen LogP contribution in [0.4, 0.5) is 4.79 Å². The maximum absolute atomic E-state index is 10.9. The summed E-state index contributed by atoms with van der Waals surface area (Å²) in [6.07, 6.45) is -0.693. The molecule has 0 spiro atoms. The Labute approximate surface area is 85.9 Å². The molecule has 6 nitrogen and oxygen atoms in total. The van der Waals surface area contributed by atoms with Crippen LogP contribution < -0.4 is 16.2 Å². The lowest BCUT2D eigenvalue weighted by molar-refractivity contribution is 0.136. The molecule has 0 bridgehead atoms. The summed E-state index contributed by atoms with van der Waals surface area (Å²) in [7, 11) is 0. The Morgan fingerprint density at radius 1 is 1.33 bits per heavy atom. The standard InChI is InChI=1S/C9H10N4O2/c14-9-10-8(13-15)7(11-12-9)6-4-2-1-3-5-6/h1-5,8,13,15H,(H2,10,12,14). The molecular weight excluding hydrogens is 196 g/mol. The zero-order valence-corrected chi connectivity index (χ0v) is 7.77. The second kappa shape index (κ2) is 4.07. The van der Waals surface area contributed by atoms with Crippen molar-refractivity contribution in [3.63, 3.8) is 0 Å². The predicted octanol–water partition coefficient (Wildman–Crippen LogP) is 0.00840. The van der Waals surface area contributed by atoms with Crippen LogP contribution in [0.5, 0.6) is 0 Å². The van der Waals surface area contributed by atoms with E-state index in [9.17, 15) is 4.79 Å². The minimum absolute atomic E-state index is 0.457. The third kappa shape index (κ3) is 1.95. The molecule has 2 rings (SSSR count). The van der Waals surface area contributed by atoms with Crippen LogP contribution in [0.25, 0.3) is 0 Å². The zero-order valence-electron chi connectivity index (χ0n) is 7.77. The molecule has 0 saturated carbocycles. The van der Waals surface area contributed by atoms with E-state index in [-0.39, 0.29) is 0 Å². The summed E-state index contributed by atoms with van der Waals surface area (Å²) in [5, 5.41) is 15.2. The van der Waals surface area contributed by atoms with E-state index in [1.165, 1.54) is 0 Å². The number of carbonyl (C=O) groups excluding carboxylic acids is 1. The zero-order chi connectivity index (χ0) is 10.7. The fourth-order valence-corrected chi connectivity index (χ4v) is 1.34. The van der Waals surface area contributed by atoms with E-state index < -0.39 is 12.2 Å². The van der Waals surface area contributed by atoms with Gasteiger partial charge in [-0.05, 0) is 0 Å². The van der Waals surface area contributed by atoms with Gasteiger partial charge in [0.05, 0.1) is 0 Å². The molecule has 1 aromatic rings. The van der Waals surface area contributed by atoms with Crippen LogP contribution in [0.2, 0.25) is 0 Å². The van der Waals surface area contributed by atoms with Crippen LogP contribution in [0.3, 0.4) is 0 Å². The smallest absolute Gasteiger partial charge is 0.314 e. The molecule has 0 saturated heterocycles. The number of urea groups is 1. The Kier molecular flexibility index (Phi) is 2.61. The normalized spacial score (nSPS) is 20.2. The molecule has 0 aliphatic carbocycles. The summed E-state index contributed by atoms with van der Waals surface area (Å²) < 4.78 is 0. The van der Waals surface area contributed by atoms with Gasteiger partial charge in [0.25, 0.3) is 0 Å². The summed E-state index contributed by atoms with van der Waals surface area (Å²) in [4.78, 5) is 10.9. The lowest BCUT2D eigenvalue weighted by Crippen LogP contribution is -2.56. The monoisotopic (exact) mass is 206 g/mol. The van der Waals surface area contributed by atoms with Crippen LogP contribution in [-0.4, -0.2) is 23.1 Å². The number of nitrogens with zero attached hydrogens (tertiary/aromatic N) is 1. The van der Waals surface area contributed by atoms with Gasteiger partial charge in [-0.15, -0.1) is 0 Å². The van der Waals surface area contributed by atoms with E-state index in [0.29, 0.717) is 5.71 Å². The van der Waals surface area contributed by atoms with Gasteiger partial charge in [-0.1, -0.05) is 30.3 Å². The molecule has 1 atom stereocenters. The molecule has 0 radical (unpaired) electrons. The number of benzene rings is 1. The number of hydrogen-bond donors (Lipinski definition) is 4. The molecule has 1 unspecified atom stereocenters. The first-order valence-corrected chi connectivity index (χ1v) is 4.40. The Morgan fingerprint density at radius 2 is 2.07 bits per heavy atom. The van der Waals surface area contributed by atoms with Crippen LogP contribution in [0.15, 0.2) is 35.4 Å². The molecule has 0 aromatic heterocycles. The van der Waals surface area contributed by atoms with Gasteiger partial charge >= 0.3 is 6.03 Å². The number of carbonyl (C=O) groups is 1. The number of rotatable bonds is 2.